The summed E-state index contributed by atoms with van der Waals surface area (Å²) >= 11 is 1.57. The Hall–Kier alpha value is -4.24. The Morgan fingerprint density at radius 1 is 1.11 bits per heavy atom. The molecule has 0 saturated carbocycles. The number of fused-ring (bicyclic) bond motifs is 1. The molecule has 190 valence electrons. The highest BCUT2D eigenvalue weighted by molar-refractivity contribution is 7.15. The first-order valence-corrected chi connectivity index (χ1v) is 12.8. The summed E-state index contributed by atoms with van der Waals surface area (Å²) in [5.74, 6) is 2.20. The molecular weight excluding hydrogens is 488 g/mol. The van der Waals surface area contributed by atoms with Gasteiger partial charge in [-0.2, -0.15) is 0 Å². The first-order chi connectivity index (χ1) is 18.1. The van der Waals surface area contributed by atoms with Crippen molar-refractivity contribution in [3.63, 3.8) is 0 Å². The molecule has 1 N–H and O–H groups in total. The van der Waals surface area contributed by atoms with Gasteiger partial charge < -0.3 is 24.1 Å². The lowest BCUT2D eigenvalue weighted by Gasteiger charge is -2.22. The number of benzene rings is 2. The van der Waals surface area contributed by atoms with Crippen LogP contribution in [0.15, 0.2) is 82.9 Å². The van der Waals surface area contributed by atoms with Crippen molar-refractivity contribution in [2.45, 2.75) is 19.5 Å². The summed E-state index contributed by atoms with van der Waals surface area (Å²) in [5, 5.41) is 5.12. The molecule has 0 spiro atoms. The minimum Gasteiger partial charge on any atom is -0.497 e. The van der Waals surface area contributed by atoms with Crippen LogP contribution in [-0.4, -0.2) is 41.1 Å². The maximum Gasteiger partial charge on any atom is 0.318 e. The topological polar surface area (TPSA) is 81.2 Å². The number of carbonyl (C=O) groups is 1. The van der Waals surface area contributed by atoms with Gasteiger partial charge in [-0.15, -0.1) is 11.3 Å². The van der Waals surface area contributed by atoms with Crippen LogP contribution in [-0.2, 0) is 19.5 Å². The molecule has 0 atom stereocenters. The number of urea groups is 1. The van der Waals surface area contributed by atoms with Crippen molar-refractivity contribution in [1.82, 2.24) is 19.6 Å². The molecule has 3 heterocycles. The Labute approximate surface area is 219 Å². The predicted octanol–water partition coefficient (Wildman–Crippen LogP) is 5.63. The summed E-state index contributed by atoms with van der Waals surface area (Å²) in [6, 6.07) is 19.1. The normalized spacial score (nSPS) is 11.0. The molecule has 0 unspecified atom stereocenters. The van der Waals surface area contributed by atoms with E-state index in [1.807, 2.05) is 66.9 Å². The zero-order valence-corrected chi connectivity index (χ0v) is 21.5. The smallest absolute Gasteiger partial charge is 0.318 e. The lowest BCUT2D eigenvalue weighted by Crippen LogP contribution is -2.40. The summed E-state index contributed by atoms with van der Waals surface area (Å²) < 4.78 is 18.5. The number of ether oxygens (including phenoxy) is 2. The lowest BCUT2D eigenvalue weighted by atomic mass is 10.1. The number of aromatic nitrogens is 2. The van der Waals surface area contributed by atoms with Gasteiger partial charge in [0.1, 0.15) is 17.3 Å². The van der Waals surface area contributed by atoms with Crippen LogP contribution < -0.4 is 14.8 Å². The number of rotatable bonds is 10. The van der Waals surface area contributed by atoms with Crippen LogP contribution in [0, 0.1) is 0 Å². The van der Waals surface area contributed by atoms with Crippen LogP contribution in [0.3, 0.4) is 0 Å². The highest BCUT2D eigenvalue weighted by Crippen LogP contribution is 2.34. The number of furan rings is 1. The molecule has 2 amide bonds. The first-order valence-electron chi connectivity index (χ1n) is 11.9. The zero-order chi connectivity index (χ0) is 25.6. The average Bonchev–Trinajstić information content (AvgIpc) is 3.68. The fourth-order valence-electron chi connectivity index (χ4n) is 4.13. The molecule has 0 aliphatic rings. The second kappa shape index (κ2) is 11.2. The summed E-state index contributed by atoms with van der Waals surface area (Å²) in [5.41, 5.74) is 3.79. The summed E-state index contributed by atoms with van der Waals surface area (Å²) in [7, 11) is 3.28. The van der Waals surface area contributed by atoms with E-state index in [4.69, 9.17) is 18.9 Å². The van der Waals surface area contributed by atoms with Crippen LogP contribution in [0.2, 0.25) is 0 Å². The third-order valence-electron chi connectivity index (χ3n) is 6.10. The van der Waals surface area contributed by atoms with Gasteiger partial charge in [-0.1, -0.05) is 30.3 Å². The largest absolute Gasteiger partial charge is 0.497 e. The minimum absolute atomic E-state index is 0.140. The fraction of sp³-hybridized carbons (Fsp3) is 0.214. The Balaban J connectivity index is 1.33. The van der Waals surface area contributed by atoms with Gasteiger partial charge in [0.2, 0.25) is 0 Å². The lowest BCUT2D eigenvalue weighted by molar-refractivity contribution is 0.190. The van der Waals surface area contributed by atoms with Gasteiger partial charge in [0.15, 0.2) is 4.96 Å². The van der Waals surface area contributed by atoms with Gasteiger partial charge >= 0.3 is 6.03 Å². The number of nitrogens with zero attached hydrogens (tertiary/aromatic N) is 3. The molecule has 0 aliphatic heterocycles. The maximum atomic E-state index is 13.1. The van der Waals surface area contributed by atoms with Crippen LogP contribution in [0.5, 0.6) is 11.5 Å². The average molecular weight is 517 g/mol. The summed E-state index contributed by atoms with van der Waals surface area (Å²) in [6.45, 7) is 1.37. The van der Waals surface area contributed by atoms with Crippen molar-refractivity contribution in [1.29, 1.82) is 0 Å². The Morgan fingerprint density at radius 3 is 2.73 bits per heavy atom. The van der Waals surface area contributed by atoms with E-state index in [-0.39, 0.29) is 6.03 Å². The van der Waals surface area contributed by atoms with E-state index >= 15 is 0 Å². The van der Waals surface area contributed by atoms with Gasteiger partial charge in [-0.25, -0.2) is 9.78 Å². The van der Waals surface area contributed by atoms with Gasteiger partial charge in [0.05, 0.1) is 32.7 Å². The molecule has 0 saturated heterocycles. The maximum absolute atomic E-state index is 13.1. The van der Waals surface area contributed by atoms with E-state index in [1.165, 1.54) is 0 Å². The van der Waals surface area contributed by atoms with Gasteiger partial charge in [-0.05, 0) is 35.9 Å². The van der Waals surface area contributed by atoms with Crippen molar-refractivity contribution in [3.8, 4) is 22.8 Å². The van der Waals surface area contributed by atoms with E-state index in [0.29, 0.717) is 26.1 Å². The fourth-order valence-corrected chi connectivity index (χ4v) is 5.04. The number of hydrogen-bond donors (Lipinski definition) is 1. The molecule has 9 heteroatoms. The quantitative estimate of drug-likeness (QED) is 0.260. The van der Waals surface area contributed by atoms with E-state index in [0.717, 1.165) is 44.7 Å². The highest BCUT2D eigenvalue weighted by Gasteiger charge is 2.18. The molecule has 2 aromatic carbocycles. The standard InChI is InChI=1S/C28H28N4O4S/c1-34-22-10-11-26(35-2)24(15-22)25-18-32-21(19-37-28(32)30-25)12-13-31(17-23-9-6-14-36-23)27(33)29-16-20-7-4-3-5-8-20/h3-11,14-15,18-19H,12-13,16-17H2,1-2H3,(H,29,33). The van der Waals surface area contributed by atoms with Gasteiger partial charge in [0.25, 0.3) is 0 Å². The van der Waals surface area contributed by atoms with Crippen LogP contribution in [0.4, 0.5) is 4.79 Å². The molecular formula is C28H28N4O4S. The minimum atomic E-state index is -0.140. The van der Waals surface area contributed by atoms with E-state index in [9.17, 15) is 4.79 Å². The molecule has 5 rings (SSSR count). The summed E-state index contributed by atoms with van der Waals surface area (Å²) in [6.07, 6.45) is 4.28. The van der Waals surface area contributed by atoms with Crippen LogP contribution >= 0.6 is 11.3 Å². The monoisotopic (exact) mass is 516 g/mol. The zero-order valence-electron chi connectivity index (χ0n) is 20.7. The van der Waals surface area contributed by atoms with Crippen LogP contribution in [0.25, 0.3) is 16.2 Å². The number of methoxy groups -OCH3 is 2. The van der Waals surface area contributed by atoms with E-state index < -0.39 is 0 Å². The molecule has 37 heavy (non-hydrogen) atoms. The first kappa shape index (κ1) is 24.5. The second-order valence-corrected chi connectivity index (χ2v) is 9.30. The predicted molar refractivity (Wildman–Crippen MR) is 143 cm³/mol. The Kier molecular flexibility index (Phi) is 7.41. The Morgan fingerprint density at radius 2 is 1.97 bits per heavy atom. The van der Waals surface area contributed by atoms with Gasteiger partial charge in [-0.3, -0.25) is 4.40 Å². The number of amides is 2. The molecule has 0 bridgehead atoms. The molecule has 3 aromatic heterocycles. The third kappa shape index (κ3) is 5.62. The number of nitrogens with one attached hydrogen (secondary N) is 1. The van der Waals surface area contributed by atoms with E-state index in [2.05, 4.69) is 15.1 Å². The van der Waals surface area contributed by atoms with Crippen molar-refractivity contribution in [3.05, 3.63) is 95.5 Å². The van der Waals surface area contributed by atoms with Crippen LogP contribution in [0.1, 0.15) is 17.0 Å². The molecule has 0 radical (unpaired) electrons. The van der Waals surface area contributed by atoms with Crippen molar-refractivity contribution in [2.24, 2.45) is 0 Å². The van der Waals surface area contributed by atoms with Crippen molar-refractivity contribution < 1.29 is 18.7 Å². The van der Waals surface area contributed by atoms with E-state index in [1.54, 1.807) is 36.7 Å². The van der Waals surface area contributed by atoms with Crippen molar-refractivity contribution in [2.75, 3.05) is 20.8 Å². The SMILES string of the molecule is COc1ccc(OC)c(-c2cn3c(CCN(Cc4ccco4)C(=O)NCc4ccccc4)csc3n2)c1. The number of carbonyl (C=O) groups excluding carboxylic acids is 1. The molecule has 5 aromatic rings. The molecule has 0 fully saturated rings. The number of imidazole rings is 1. The summed E-state index contributed by atoms with van der Waals surface area (Å²) in [4.78, 5) is 20.6. The second-order valence-electron chi connectivity index (χ2n) is 8.47. The molecule has 8 nitrogen and oxygen atoms in total. The molecule has 0 aliphatic carbocycles. The van der Waals surface area contributed by atoms with Crippen molar-refractivity contribution >= 4 is 22.3 Å². The Bertz CT molecular complexity index is 1460. The third-order valence-corrected chi connectivity index (χ3v) is 6.99. The number of thiazole rings is 1. The van der Waals surface area contributed by atoms with Gasteiger partial charge in [0, 0.05) is 42.3 Å². The highest BCUT2D eigenvalue weighted by atomic mass is 32.1. The number of hydrogen-bond acceptors (Lipinski definition) is 6.